The minimum absolute atomic E-state index is 0. The number of nitrogens with two attached hydrogens (primary N) is 1. The molecule has 1 aliphatic heterocycles. The molecule has 2 N–H and O–H groups in total. The van der Waals surface area contributed by atoms with Gasteiger partial charge in [-0.05, 0) is 30.3 Å². The minimum Gasteiger partial charge on any atom is -0.327 e. The van der Waals surface area contributed by atoms with E-state index in [-0.39, 0.29) is 12.4 Å². The summed E-state index contributed by atoms with van der Waals surface area (Å²) in [7, 11) is 0. The SMILES string of the molecule is Cl.N[C@@H]1CCCN(Cc2cscc2Cl)C1. The Bertz CT molecular complexity index is 303. The molecule has 0 unspecified atom stereocenters. The Labute approximate surface area is 106 Å². The Morgan fingerprint density at radius 1 is 1.53 bits per heavy atom. The van der Waals surface area contributed by atoms with Crippen molar-refractivity contribution in [1.82, 2.24) is 4.90 Å². The van der Waals surface area contributed by atoms with Gasteiger partial charge < -0.3 is 5.73 Å². The molecule has 1 saturated heterocycles. The molecule has 0 aliphatic carbocycles. The first-order chi connectivity index (χ1) is 6.75. The van der Waals surface area contributed by atoms with Crippen molar-refractivity contribution in [1.29, 1.82) is 0 Å². The molecule has 2 rings (SSSR count). The molecule has 1 fully saturated rings. The van der Waals surface area contributed by atoms with Gasteiger partial charge in [0.25, 0.3) is 0 Å². The van der Waals surface area contributed by atoms with Crippen molar-refractivity contribution in [2.45, 2.75) is 25.4 Å². The van der Waals surface area contributed by atoms with Gasteiger partial charge in [-0.2, -0.15) is 11.3 Å². The molecular formula is C10H16Cl2N2S. The van der Waals surface area contributed by atoms with Gasteiger partial charge >= 0.3 is 0 Å². The zero-order valence-electron chi connectivity index (χ0n) is 8.49. The quantitative estimate of drug-likeness (QED) is 0.892. The summed E-state index contributed by atoms with van der Waals surface area (Å²) in [4.78, 5) is 2.39. The van der Waals surface area contributed by atoms with E-state index in [1.165, 1.54) is 12.0 Å². The van der Waals surface area contributed by atoms with Crippen LogP contribution in [0.4, 0.5) is 0 Å². The molecule has 2 nitrogen and oxygen atoms in total. The second-order valence-electron chi connectivity index (χ2n) is 3.88. The standard InChI is InChI=1S/C10H15ClN2S.ClH/c11-10-7-14-6-8(10)4-13-3-1-2-9(12)5-13;/h6-7,9H,1-5,12H2;1H/t9-;/m1./s1. The lowest BCUT2D eigenvalue weighted by atomic mass is 10.1. The van der Waals surface area contributed by atoms with Crippen LogP contribution in [0.1, 0.15) is 18.4 Å². The van der Waals surface area contributed by atoms with Crippen molar-refractivity contribution >= 4 is 35.3 Å². The summed E-state index contributed by atoms with van der Waals surface area (Å²) in [6.07, 6.45) is 2.37. The first kappa shape index (κ1) is 13.3. The highest BCUT2D eigenvalue weighted by Gasteiger charge is 2.17. The van der Waals surface area contributed by atoms with Crippen molar-refractivity contribution in [2.75, 3.05) is 13.1 Å². The number of hydrogen-bond donors (Lipinski definition) is 1. The fraction of sp³-hybridized carbons (Fsp3) is 0.600. The number of rotatable bonds is 2. The fourth-order valence-electron chi connectivity index (χ4n) is 1.90. The topological polar surface area (TPSA) is 29.3 Å². The summed E-state index contributed by atoms with van der Waals surface area (Å²) in [6.45, 7) is 3.11. The summed E-state index contributed by atoms with van der Waals surface area (Å²) >= 11 is 7.71. The number of piperidine rings is 1. The van der Waals surface area contributed by atoms with E-state index in [2.05, 4.69) is 10.3 Å². The maximum Gasteiger partial charge on any atom is 0.0557 e. The number of nitrogens with zero attached hydrogens (tertiary/aromatic N) is 1. The van der Waals surface area contributed by atoms with Gasteiger partial charge in [-0.1, -0.05) is 11.6 Å². The molecule has 86 valence electrons. The average molecular weight is 267 g/mol. The molecule has 0 saturated carbocycles. The van der Waals surface area contributed by atoms with E-state index in [1.54, 1.807) is 11.3 Å². The van der Waals surface area contributed by atoms with E-state index in [0.29, 0.717) is 6.04 Å². The van der Waals surface area contributed by atoms with Crippen LogP contribution in [-0.2, 0) is 6.54 Å². The molecule has 15 heavy (non-hydrogen) atoms. The number of thiophene rings is 1. The molecule has 2 heterocycles. The van der Waals surface area contributed by atoms with Gasteiger partial charge in [0.2, 0.25) is 0 Å². The molecule has 0 spiro atoms. The van der Waals surface area contributed by atoms with Gasteiger partial charge in [-0.25, -0.2) is 0 Å². The smallest absolute Gasteiger partial charge is 0.0557 e. The van der Waals surface area contributed by atoms with E-state index >= 15 is 0 Å². The van der Waals surface area contributed by atoms with Crippen LogP contribution < -0.4 is 5.73 Å². The van der Waals surface area contributed by atoms with Crippen LogP contribution in [0.3, 0.4) is 0 Å². The van der Waals surface area contributed by atoms with Gasteiger partial charge in [-0.15, -0.1) is 12.4 Å². The van der Waals surface area contributed by atoms with Crippen LogP contribution in [0, 0.1) is 0 Å². The van der Waals surface area contributed by atoms with E-state index in [0.717, 1.165) is 31.1 Å². The van der Waals surface area contributed by atoms with Gasteiger partial charge in [0, 0.05) is 24.5 Å². The van der Waals surface area contributed by atoms with Crippen molar-refractivity contribution in [2.24, 2.45) is 5.73 Å². The van der Waals surface area contributed by atoms with Crippen molar-refractivity contribution in [3.05, 3.63) is 21.3 Å². The average Bonchev–Trinajstić information content (AvgIpc) is 2.52. The Balaban J connectivity index is 0.00000112. The predicted octanol–water partition coefficient (Wildman–Crippen LogP) is 2.75. The normalized spacial score (nSPS) is 22.4. The molecule has 0 aromatic carbocycles. The minimum atomic E-state index is 0. The lowest BCUT2D eigenvalue weighted by molar-refractivity contribution is 0.202. The van der Waals surface area contributed by atoms with E-state index < -0.39 is 0 Å². The summed E-state index contributed by atoms with van der Waals surface area (Å²) in [5.74, 6) is 0. The van der Waals surface area contributed by atoms with Crippen molar-refractivity contribution < 1.29 is 0 Å². The zero-order valence-corrected chi connectivity index (χ0v) is 10.9. The van der Waals surface area contributed by atoms with Gasteiger partial charge in [0.05, 0.1) is 5.02 Å². The second kappa shape index (κ2) is 6.06. The van der Waals surface area contributed by atoms with Crippen molar-refractivity contribution in [3.8, 4) is 0 Å². The lowest BCUT2D eigenvalue weighted by Crippen LogP contribution is -2.42. The third-order valence-electron chi connectivity index (χ3n) is 2.62. The summed E-state index contributed by atoms with van der Waals surface area (Å²) in [5, 5.41) is 5.01. The highest BCUT2D eigenvalue weighted by molar-refractivity contribution is 7.08. The van der Waals surface area contributed by atoms with Gasteiger partial charge in [0.15, 0.2) is 0 Å². The maximum absolute atomic E-state index is 6.05. The van der Waals surface area contributed by atoms with Crippen LogP contribution in [-0.4, -0.2) is 24.0 Å². The molecule has 0 radical (unpaired) electrons. The highest BCUT2D eigenvalue weighted by Crippen LogP contribution is 2.23. The Hall–Kier alpha value is 0.200. The first-order valence-electron chi connectivity index (χ1n) is 4.94. The highest BCUT2D eigenvalue weighted by atomic mass is 35.5. The van der Waals surface area contributed by atoms with Crippen LogP contribution in [0.25, 0.3) is 0 Å². The molecule has 0 bridgehead atoms. The molecule has 1 aliphatic rings. The molecule has 1 aromatic rings. The van der Waals surface area contributed by atoms with E-state index in [9.17, 15) is 0 Å². The van der Waals surface area contributed by atoms with Crippen LogP contribution in [0.5, 0.6) is 0 Å². The Kier molecular flexibility index (Phi) is 5.36. The molecule has 5 heteroatoms. The zero-order chi connectivity index (χ0) is 9.97. The summed E-state index contributed by atoms with van der Waals surface area (Å²) in [5.41, 5.74) is 7.16. The molecular weight excluding hydrogens is 251 g/mol. The summed E-state index contributed by atoms with van der Waals surface area (Å²) in [6, 6.07) is 0.348. The van der Waals surface area contributed by atoms with E-state index in [4.69, 9.17) is 17.3 Å². The van der Waals surface area contributed by atoms with Crippen LogP contribution in [0.15, 0.2) is 10.8 Å². The fourth-order valence-corrected chi connectivity index (χ4v) is 2.93. The predicted molar refractivity (Wildman–Crippen MR) is 69.1 cm³/mol. The van der Waals surface area contributed by atoms with Crippen LogP contribution >= 0.6 is 35.3 Å². The Morgan fingerprint density at radius 2 is 2.33 bits per heavy atom. The first-order valence-corrected chi connectivity index (χ1v) is 6.26. The van der Waals surface area contributed by atoms with Gasteiger partial charge in [-0.3, -0.25) is 4.90 Å². The Morgan fingerprint density at radius 3 is 2.93 bits per heavy atom. The maximum atomic E-state index is 6.05. The van der Waals surface area contributed by atoms with E-state index in [1.807, 2.05) is 5.38 Å². The molecule has 0 amide bonds. The third kappa shape index (κ3) is 3.61. The van der Waals surface area contributed by atoms with Crippen LogP contribution in [0.2, 0.25) is 5.02 Å². The number of likely N-dealkylation sites (tertiary alicyclic amines) is 1. The number of hydrogen-bond acceptors (Lipinski definition) is 3. The monoisotopic (exact) mass is 266 g/mol. The summed E-state index contributed by atoms with van der Waals surface area (Å²) < 4.78 is 0. The third-order valence-corrected chi connectivity index (χ3v) is 3.90. The lowest BCUT2D eigenvalue weighted by Gasteiger charge is -2.30. The molecule has 1 atom stereocenters. The second-order valence-corrected chi connectivity index (χ2v) is 5.03. The molecule has 1 aromatic heterocycles. The largest absolute Gasteiger partial charge is 0.327 e. The van der Waals surface area contributed by atoms with Crippen molar-refractivity contribution in [3.63, 3.8) is 0 Å². The number of halogens is 2. The van der Waals surface area contributed by atoms with Gasteiger partial charge in [0.1, 0.15) is 0 Å².